The summed E-state index contributed by atoms with van der Waals surface area (Å²) in [5, 5.41) is 12.0. The van der Waals surface area contributed by atoms with Gasteiger partial charge in [0, 0.05) is 16.5 Å². The number of phenolic OH excluding ortho intramolecular Hbond substituents is 1. The van der Waals surface area contributed by atoms with Gasteiger partial charge >= 0.3 is 17.0 Å². The van der Waals surface area contributed by atoms with Crippen molar-refractivity contribution >= 4 is 58.2 Å². The molecule has 3 unspecified atom stereocenters. The van der Waals surface area contributed by atoms with Crippen LogP contribution in [0.25, 0.3) is 0 Å². The number of carbonyl (C=O) groups excluding carboxylic acids is 4. The Labute approximate surface area is 290 Å². The van der Waals surface area contributed by atoms with Gasteiger partial charge in [-0.05, 0) is 74.0 Å². The molecule has 3 atom stereocenters. The van der Waals surface area contributed by atoms with Crippen molar-refractivity contribution in [2.75, 3.05) is 23.4 Å². The number of rotatable bonds is 9. The second kappa shape index (κ2) is 13.7. The minimum Gasteiger partial charge on any atom is -0.504 e. The standard InChI is InChI=1S/C34H28F3N3O8S2/c1-3-47-23-14-18(10-13-22(23)41)25-26-27(30(44)40(29(26)43)21-11-8-17(9-12-21)32(45)48-4-2)49-31-28(25)50-33(46)39(31)16-24(42)38-20-7-5-6-19(15-20)34(35,36)37/h5-15,25-27,41H,3-4,16H2,1-2H3,(H,38,42). The number of fused-ring (bicyclic) bond motifs is 2. The number of imide groups is 1. The zero-order valence-electron chi connectivity index (χ0n) is 26.4. The van der Waals surface area contributed by atoms with Crippen molar-refractivity contribution in [1.82, 2.24) is 4.57 Å². The number of thiazole rings is 1. The van der Waals surface area contributed by atoms with E-state index in [1.165, 1.54) is 42.5 Å². The highest BCUT2D eigenvalue weighted by Crippen LogP contribution is 2.54. The quantitative estimate of drug-likeness (QED) is 0.165. The number of anilines is 2. The molecule has 2 N–H and O–H groups in total. The first-order chi connectivity index (χ1) is 23.8. The lowest BCUT2D eigenvalue weighted by molar-refractivity contribution is -0.137. The molecule has 1 aromatic heterocycles. The third-order valence-corrected chi connectivity index (χ3v) is 10.7. The van der Waals surface area contributed by atoms with Crippen molar-refractivity contribution in [3.05, 3.63) is 98.0 Å². The number of hydrogen-bond donors (Lipinski definition) is 2. The number of esters is 1. The molecule has 0 aliphatic carbocycles. The summed E-state index contributed by atoms with van der Waals surface area (Å²) in [5.41, 5.74) is -0.188. The molecule has 4 aromatic rings. The smallest absolute Gasteiger partial charge is 0.416 e. The van der Waals surface area contributed by atoms with Gasteiger partial charge < -0.3 is 19.9 Å². The molecule has 260 valence electrons. The van der Waals surface area contributed by atoms with E-state index in [1.807, 2.05) is 0 Å². The minimum absolute atomic E-state index is 0.122. The van der Waals surface area contributed by atoms with E-state index in [-0.39, 0.29) is 46.7 Å². The second-order valence-corrected chi connectivity index (χ2v) is 13.4. The van der Waals surface area contributed by atoms with Crippen LogP contribution in [0.3, 0.4) is 0 Å². The number of phenols is 1. The highest BCUT2D eigenvalue weighted by molar-refractivity contribution is 8.00. The summed E-state index contributed by atoms with van der Waals surface area (Å²) in [5.74, 6) is -4.45. The number of ether oxygens (including phenoxy) is 2. The Morgan fingerprint density at radius 1 is 0.960 bits per heavy atom. The molecule has 3 heterocycles. The van der Waals surface area contributed by atoms with Gasteiger partial charge in [0.25, 0.3) is 0 Å². The Hall–Kier alpha value is -5.09. The number of amides is 3. The third kappa shape index (κ3) is 6.47. The van der Waals surface area contributed by atoms with Gasteiger partial charge in [-0.2, -0.15) is 13.2 Å². The molecular weight excluding hydrogens is 700 g/mol. The molecule has 2 aliphatic rings. The summed E-state index contributed by atoms with van der Waals surface area (Å²) in [6.45, 7) is 3.18. The fourth-order valence-corrected chi connectivity index (χ4v) is 8.72. The van der Waals surface area contributed by atoms with E-state index < -0.39 is 63.9 Å². The van der Waals surface area contributed by atoms with Crippen molar-refractivity contribution in [3.8, 4) is 11.5 Å². The van der Waals surface area contributed by atoms with Crippen molar-refractivity contribution < 1.29 is 46.9 Å². The van der Waals surface area contributed by atoms with E-state index in [0.717, 1.165) is 50.8 Å². The molecule has 3 aromatic carbocycles. The maximum absolute atomic E-state index is 14.2. The van der Waals surface area contributed by atoms with Crippen molar-refractivity contribution in [2.24, 2.45) is 5.92 Å². The first kappa shape index (κ1) is 34.8. The Kier molecular flexibility index (Phi) is 9.50. The molecule has 50 heavy (non-hydrogen) atoms. The van der Waals surface area contributed by atoms with E-state index in [1.54, 1.807) is 19.9 Å². The summed E-state index contributed by atoms with van der Waals surface area (Å²) in [7, 11) is 0. The van der Waals surface area contributed by atoms with Gasteiger partial charge in [0.15, 0.2) is 11.5 Å². The lowest BCUT2D eigenvalue weighted by atomic mass is 9.83. The highest BCUT2D eigenvalue weighted by atomic mass is 32.2. The van der Waals surface area contributed by atoms with Gasteiger partial charge in [-0.1, -0.05) is 35.2 Å². The predicted octanol–water partition coefficient (Wildman–Crippen LogP) is 5.64. The van der Waals surface area contributed by atoms with E-state index in [0.29, 0.717) is 10.4 Å². The van der Waals surface area contributed by atoms with Crippen molar-refractivity contribution in [2.45, 2.75) is 42.8 Å². The molecule has 0 spiro atoms. The van der Waals surface area contributed by atoms with E-state index >= 15 is 0 Å². The molecular formula is C34H28F3N3O8S2. The first-order valence-electron chi connectivity index (χ1n) is 15.3. The molecule has 1 fully saturated rings. The van der Waals surface area contributed by atoms with Crippen LogP contribution < -0.4 is 19.8 Å². The maximum Gasteiger partial charge on any atom is 0.416 e. The van der Waals surface area contributed by atoms with Gasteiger partial charge in [-0.3, -0.25) is 23.7 Å². The molecule has 0 bridgehead atoms. The lowest BCUT2D eigenvalue weighted by Crippen LogP contribution is -2.33. The number of alkyl halides is 3. The van der Waals surface area contributed by atoms with Gasteiger partial charge in [-0.15, -0.1) is 0 Å². The predicted molar refractivity (Wildman–Crippen MR) is 178 cm³/mol. The number of thioether (sulfide) groups is 1. The Morgan fingerprint density at radius 2 is 1.70 bits per heavy atom. The SMILES string of the molecule is CCOC(=O)c1ccc(N2C(=O)C3Sc4c(sc(=O)n4CC(=O)Nc4cccc(C(F)(F)F)c4)C(c4ccc(O)c(OCC)c4)C3C2=O)cc1. The Balaban J connectivity index is 1.38. The number of aromatic hydroxyl groups is 1. The molecule has 0 radical (unpaired) electrons. The van der Waals surface area contributed by atoms with Crippen LogP contribution in [-0.2, 0) is 31.8 Å². The van der Waals surface area contributed by atoms with Crippen LogP contribution >= 0.6 is 23.1 Å². The maximum atomic E-state index is 14.2. The summed E-state index contributed by atoms with van der Waals surface area (Å²) in [6.07, 6.45) is -4.63. The number of nitrogens with one attached hydrogen (secondary N) is 1. The van der Waals surface area contributed by atoms with Crippen LogP contribution in [0, 0.1) is 5.92 Å². The van der Waals surface area contributed by atoms with Gasteiger partial charge in [0.05, 0.1) is 41.0 Å². The fourth-order valence-electron chi connectivity index (χ4n) is 5.94. The van der Waals surface area contributed by atoms with Crippen LogP contribution in [0.2, 0.25) is 0 Å². The monoisotopic (exact) mass is 727 g/mol. The number of aromatic nitrogens is 1. The number of halogens is 3. The molecule has 0 saturated carbocycles. The van der Waals surface area contributed by atoms with Crippen molar-refractivity contribution in [3.63, 3.8) is 0 Å². The molecule has 1 saturated heterocycles. The zero-order valence-corrected chi connectivity index (χ0v) is 28.0. The Morgan fingerprint density at radius 3 is 2.38 bits per heavy atom. The highest BCUT2D eigenvalue weighted by Gasteiger charge is 2.57. The Bertz CT molecular complexity index is 2060. The molecule has 16 heteroatoms. The zero-order chi connectivity index (χ0) is 35.9. The number of nitrogens with zero attached hydrogens (tertiary/aromatic N) is 2. The summed E-state index contributed by atoms with van der Waals surface area (Å²) in [4.78, 5) is 67.8. The van der Waals surface area contributed by atoms with E-state index in [2.05, 4.69) is 5.32 Å². The van der Waals surface area contributed by atoms with Crippen LogP contribution in [0.15, 0.2) is 76.6 Å². The lowest BCUT2D eigenvalue weighted by Gasteiger charge is -2.31. The number of benzene rings is 3. The van der Waals surface area contributed by atoms with E-state index in [4.69, 9.17) is 9.47 Å². The largest absolute Gasteiger partial charge is 0.504 e. The van der Waals surface area contributed by atoms with Crippen molar-refractivity contribution in [1.29, 1.82) is 0 Å². The number of hydrogen-bond acceptors (Lipinski definition) is 10. The summed E-state index contributed by atoms with van der Waals surface area (Å²) >= 11 is 1.73. The van der Waals surface area contributed by atoms with E-state index in [9.17, 15) is 42.3 Å². The molecule has 2 aliphatic heterocycles. The second-order valence-electron chi connectivity index (χ2n) is 11.2. The fraction of sp³-hybridized carbons (Fsp3) is 0.265. The molecule has 11 nitrogen and oxygen atoms in total. The van der Waals surface area contributed by atoms with Crippen LogP contribution in [-0.4, -0.2) is 51.8 Å². The summed E-state index contributed by atoms with van der Waals surface area (Å²) < 4.78 is 51.5. The van der Waals surface area contributed by atoms with Gasteiger partial charge in [0.1, 0.15) is 11.8 Å². The third-order valence-electron chi connectivity index (χ3n) is 8.10. The van der Waals surface area contributed by atoms with Crippen LogP contribution in [0.1, 0.15) is 46.1 Å². The van der Waals surface area contributed by atoms with Crippen LogP contribution in [0.4, 0.5) is 24.5 Å². The summed E-state index contributed by atoms with van der Waals surface area (Å²) in [6, 6.07) is 14.3. The number of carbonyl (C=O) groups is 4. The first-order valence-corrected chi connectivity index (χ1v) is 17.0. The average molecular weight is 728 g/mol. The molecule has 3 amide bonds. The minimum atomic E-state index is -4.63. The topological polar surface area (TPSA) is 144 Å². The average Bonchev–Trinajstić information content (AvgIpc) is 3.52. The van der Waals surface area contributed by atoms with Crippen LogP contribution in [0.5, 0.6) is 11.5 Å². The molecule has 6 rings (SSSR count). The normalized spacial score (nSPS) is 18.4. The van der Waals surface area contributed by atoms with Gasteiger partial charge in [0.2, 0.25) is 17.7 Å². The van der Waals surface area contributed by atoms with Gasteiger partial charge in [-0.25, -0.2) is 9.69 Å².